The van der Waals surface area contributed by atoms with E-state index in [4.69, 9.17) is 0 Å². The highest BCUT2D eigenvalue weighted by atomic mass is 15.0. The zero-order valence-electron chi connectivity index (χ0n) is 7.53. The van der Waals surface area contributed by atoms with E-state index in [1.54, 1.807) is 0 Å². The Labute approximate surface area is 69.6 Å². The van der Waals surface area contributed by atoms with Crippen molar-refractivity contribution in [3.63, 3.8) is 0 Å². The SMILES string of the molecule is CC1CCCC2(CCN2)CC1. The van der Waals surface area contributed by atoms with Crippen molar-refractivity contribution in [2.24, 2.45) is 5.92 Å². The Morgan fingerprint density at radius 3 is 2.64 bits per heavy atom. The third-order valence-corrected chi connectivity index (χ3v) is 3.57. The smallest absolute Gasteiger partial charge is 0.0193 e. The summed E-state index contributed by atoms with van der Waals surface area (Å²) in [6.45, 7) is 3.67. The van der Waals surface area contributed by atoms with Crippen LogP contribution >= 0.6 is 0 Å². The second-order valence-electron chi connectivity index (χ2n) is 4.49. The van der Waals surface area contributed by atoms with Gasteiger partial charge in [-0.2, -0.15) is 0 Å². The molecule has 2 unspecified atom stereocenters. The summed E-state index contributed by atoms with van der Waals surface area (Å²) < 4.78 is 0. The van der Waals surface area contributed by atoms with Gasteiger partial charge in [-0.1, -0.05) is 19.8 Å². The molecule has 11 heavy (non-hydrogen) atoms. The molecule has 1 saturated heterocycles. The van der Waals surface area contributed by atoms with Crippen LogP contribution in [0.2, 0.25) is 0 Å². The molecule has 0 aromatic carbocycles. The van der Waals surface area contributed by atoms with Gasteiger partial charge >= 0.3 is 0 Å². The summed E-state index contributed by atoms with van der Waals surface area (Å²) in [5.41, 5.74) is 0.616. The van der Waals surface area contributed by atoms with Gasteiger partial charge in [0.25, 0.3) is 0 Å². The first-order valence-corrected chi connectivity index (χ1v) is 5.06. The first kappa shape index (κ1) is 7.60. The van der Waals surface area contributed by atoms with Gasteiger partial charge < -0.3 is 5.32 Å². The monoisotopic (exact) mass is 153 g/mol. The molecular weight excluding hydrogens is 134 g/mol. The predicted octanol–water partition coefficient (Wildman–Crippen LogP) is 2.32. The molecule has 2 aliphatic rings. The molecule has 1 heteroatoms. The molecule has 2 fully saturated rings. The first-order valence-electron chi connectivity index (χ1n) is 5.06. The average Bonchev–Trinajstić information content (AvgIpc) is 2.09. The number of rotatable bonds is 0. The number of hydrogen-bond acceptors (Lipinski definition) is 1. The Kier molecular flexibility index (Phi) is 1.92. The highest BCUT2D eigenvalue weighted by molar-refractivity contribution is 4.97. The lowest BCUT2D eigenvalue weighted by Gasteiger charge is -2.43. The van der Waals surface area contributed by atoms with Gasteiger partial charge in [-0.15, -0.1) is 0 Å². The van der Waals surface area contributed by atoms with E-state index in [1.807, 2.05) is 0 Å². The van der Waals surface area contributed by atoms with Crippen molar-refractivity contribution in [3.05, 3.63) is 0 Å². The van der Waals surface area contributed by atoms with E-state index in [2.05, 4.69) is 12.2 Å². The van der Waals surface area contributed by atoms with Gasteiger partial charge in [0, 0.05) is 5.54 Å². The minimum atomic E-state index is 0.616. The molecule has 1 spiro atoms. The maximum atomic E-state index is 3.62. The summed E-state index contributed by atoms with van der Waals surface area (Å²) in [5, 5.41) is 3.62. The van der Waals surface area contributed by atoms with Crippen molar-refractivity contribution in [1.82, 2.24) is 5.32 Å². The maximum Gasteiger partial charge on any atom is 0.0193 e. The van der Waals surface area contributed by atoms with E-state index in [-0.39, 0.29) is 0 Å². The van der Waals surface area contributed by atoms with Gasteiger partial charge in [-0.25, -0.2) is 0 Å². The molecule has 1 nitrogen and oxygen atoms in total. The summed E-state index contributed by atoms with van der Waals surface area (Å²) >= 11 is 0. The van der Waals surface area contributed by atoms with Crippen LogP contribution in [-0.2, 0) is 0 Å². The number of nitrogens with one attached hydrogen (secondary N) is 1. The van der Waals surface area contributed by atoms with E-state index >= 15 is 0 Å². The first-order chi connectivity index (χ1) is 5.31. The van der Waals surface area contributed by atoms with Crippen LogP contribution in [0.25, 0.3) is 0 Å². The van der Waals surface area contributed by atoms with Crippen molar-refractivity contribution >= 4 is 0 Å². The van der Waals surface area contributed by atoms with Crippen LogP contribution in [0.1, 0.15) is 45.4 Å². The second kappa shape index (κ2) is 2.78. The van der Waals surface area contributed by atoms with E-state index in [0.717, 1.165) is 5.92 Å². The van der Waals surface area contributed by atoms with Gasteiger partial charge in [-0.05, 0) is 38.1 Å². The van der Waals surface area contributed by atoms with Crippen molar-refractivity contribution < 1.29 is 0 Å². The Balaban J connectivity index is 1.92. The van der Waals surface area contributed by atoms with Gasteiger partial charge in [-0.3, -0.25) is 0 Å². The predicted molar refractivity (Wildman–Crippen MR) is 47.6 cm³/mol. The lowest BCUT2D eigenvalue weighted by atomic mass is 9.81. The third kappa shape index (κ3) is 1.44. The van der Waals surface area contributed by atoms with Gasteiger partial charge in [0.1, 0.15) is 0 Å². The number of hydrogen-bond donors (Lipinski definition) is 1. The van der Waals surface area contributed by atoms with Crippen LogP contribution in [0.15, 0.2) is 0 Å². The summed E-state index contributed by atoms with van der Waals surface area (Å²) in [5.74, 6) is 0.983. The third-order valence-electron chi connectivity index (χ3n) is 3.57. The summed E-state index contributed by atoms with van der Waals surface area (Å²) in [7, 11) is 0. The maximum absolute atomic E-state index is 3.62. The summed E-state index contributed by atoms with van der Waals surface area (Å²) in [6.07, 6.45) is 8.69. The zero-order chi connectivity index (χ0) is 7.73. The fraction of sp³-hybridized carbons (Fsp3) is 1.00. The Morgan fingerprint density at radius 2 is 2.00 bits per heavy atom. The molecule has 1 aliphatic carbocycles. The molecule has 0 bridgehead atoms. The van der Waals surface area contributed by atoms with Crippen LogP contribution in [0.3, 0.4) is 0 Å². The molecular formula is C10H19N. The largest absolute Gasteiger partial charge is 0.311 e. The normalized spacial score (nSPS) is 45.0. The Hall–Kier alpha value is -0.0400. The molecule has 1 heterocycles. The molecule has 0 aromatic heterocycles. The molecule has 1 aliphatic heterocycles. The van der Waals surface area contributed by atoms with Crippen molar-refractivity contribution in [1.29, 1.82) is 0 Å². The van der Waals surface area contributed by atoms with Crippen LogP contribution in [-0.4, -0.2) is 12.1 Å². The second-order valence-corrected chi connectivity index (χ2v) is 4.49. The minimum Gasteiger partial charge on any atom is -0.311 e. The zero-order valence-corrected chi connectivity index (χ0v) is 7.53. The topological polar surface area (TPSA) is 12.0 Å². The molecule has 2 rings (SSSR count). The van der Waals surface area contributed by atoms with E-state index in [1.165, 1.54) is 45.1 Å². The van der Waals surface area contributed by atoms with Crippen molar-refractivity contribution in [2.75, 3.05) is 6.54 Å². The molecule has 1 N–H and O–H groups in total. The fourth-order valence-corrected chi connectivity index (χ4v) is 2.49. The lowest BCUT2D eigenvalue weighted by Crippen LogP contribution is -2.56. The summed E-state index contributed by atoms with van der Waals surface area (Å²) in [6, 6.07) is 0. The van der Waals surface area contributed by atoms with Crippen molar-refractivity contribution in [3.8, 4) is 0 Å². The quantitative estimate of drug-likeness (QED) is 0.563. The fourth-order valence-electron chi connectivity index (χ4n) is 2.49. The van der Waals surface area contributed by atoms with Gasteiger partial charge in [0.2, 0.25) is 0 Å². The van der Waals surface area contributed by atoms with Crippen LogP contribution in [0.4, 0.5) is 0 Å². The molecule has 1 saturated carbocycles. The standard InChI is InChI=1S/C10H19N/c1-9-3-2-5-10(6-4-9)7-8-11-10/h9,11H,2-8H2,1H3. The van der Waals surface area contributed by atoms with Crippen LogP contribution in [0.5, 0.6) is 0 Å². The Morgan fingerprint density at radius 1 is 1.18 bits per heavy atom. The average molecular weight is 153 g/mol. The highest BCUT2D eigenvalue weighted by Crippen LogP contribution is 2.36. The van der Waals surface area contributed by atoms with E-state index < -0.39 is 0 Å². The van der Waals surface area contributed by atoms with Gasteiger partial charge in [0.05, 0.1) is 0 Å². The van der Waals surface area contributed by atoms with E-state index in [0.29, 0.717) is 5.54 Å². The minimum absolute atomic E-state index is 0.616. The highest BCUT2D eigenvalue weighted by Gasteiger charge is 2.36. The molecule has 0 amide bonds. The van der Waals surface area contributed by atoms with Crippen LogP contribution in [0, 0.1) is 5.92 Å². The molecule has 0 aromatic rings. The van der Waals surface area contributed by atoms with Crippen molar-refractivity contribution in [2.45, 2.75) is 51.0 Å². The van der Waals surface area contributed by atoms with E-state index in [9.17, 15) is 0 Å². The van der Waals surface area contributed by atoms with Gasteiger partial charge in [0.15, 0.2) is 0 Å². The van der Waals surface area contributed by atoms with Crippen LogP contribution < -0.4 is 5.32 Å². The lowest BCUT2D eigenvalue weighted by molar-refractivity contribution is 0.178. The Bertz CT molecular complexity index is 138. The molecule has 2 atom stereocenters. The molecule has 64 valence electrons. The molecule has 0 radical (unpaired) electrons. The summed E-state index contributed by atoms with van der Waals surface area (Å²) in [4.78, 5) is 0.